The van der Waals surface area contributed by atoms with Crippen molar-refractivity contribution >= 4 is 11.4 Å². The quantitative estimate of drug-likeness (QED) is 0.564. The molecule has 0 spiro atoms. The van der Waals surface area contributed by atoms with Gasteiger partial charge in [0, 0.05) is 11.8 Å². The minimum atomic E-state index is -0.192. The zero-order chi connectivity index (χ0) is 17.5. The van der Waals surface area contributed by atoms with Crippen LogP contribution < -0.4 is 0 Å². The summed E-state index contributed by atoms with van der Waals surface area (Å²) in [5.41, 5.74) is 8.70. The van der Waals surface area contributed by atoms with Crippen LogP contribution in [0.1, 0.15) is 37.8 Å². The predicted molar refractivity (Wildman–Crippen MR) is 102 cm³/mol. The zero-order valence-electron chi connectivity index (χ0n) is 14.7. The molecule has 1 nitrogen and oxygen atoms in total. The Morgan fingerprint density at radius 1 is 1.25 bits per heavy atom. The summed E-state index contributed by atoms with van der Waals surface area (Å²) < 4.78 is 13.9. The van der Waals surface area contributed by atoms with E-state index in [2.05, 4.69) is 18.4 Å². The van der Waals surface area contributed by atoms with E-state index in [0.29, 0.717) is 5.56 Å². The number of allylic oxidation sites excluding steroid dienone is 6. The molecule has 0 radical (unpaired) electrons. The van der Waals surface area contributed by atoms with Crippen molar-refractivity contribution in [1.29, 1.82) is 0 Å². The largest absolute Gasteiger partial charge is 0.252 e. The fraction of sp³-hybridized carbons (Fsp3) is 0.273. The van der Waals surface area contributed by atoms with Gasteiger partial charge in [0.1, 0.15) is 5.82 Å². The Hall–Kier alpha value is -2.44. The van der Waals surface area contributed by atoms with Gasteiger partial charge in [-0.1, -0.05) is 32.6 Å². The monoisotopic (exact) mass is 321 g/mol. The molecule has 0 amide bonds. The lowest BCUT2D eigenvalue weighted by molar-refractivity contribution is 0.618. The average molecular weight is 321 g/mol. The first-order valence-corrected chi connectivity index (χ1v) is 8.51. The topological polar surface area (TPSA) is 12.4 Å². The van der Waals surface area contributed by atoms with E-state index in [1.54, 1.807) is 19.1 Å². The molecule has 0 aromatic heterocycles. The first kappa shape index (κ1) is 17.9. The molecule has 1 aliphatic heterocycles. The molecule has 0 saturated carbocycles. The number of fused-ring (bicyclic) bond motifs is 1. The normalized spacial score (nSPS) is 15.8. The lowest BCUT2D eigenvalue weighted by Gasteiger charge is -2.06. The van der Waals surface area contributed by atoms with Crippen LogP contribution in [-0.2, 0) is 6.42 Å². The number of benzene rings is 1. The van der Waals surface area contributed by atoms with Crippen molar-refractivity contribution in [2.24, 2.45) is 4.99 Å². The van der Waals surface area contributed by atoms with Gasteiger partial charge in [0.05, 0.1) is 5.69 Å². The Labute approximate surface area is 144 Å². The second kappa shape index (κ2) is 8.42. The minimum Gasteiger partial charge on any atom is -0.252 e. The van der Waals surface area contributed by atoms with Crippen LogP contribution >= 0.6 is 0 Å². The van der Waals surface area contributed by atoms with Gasteiger partial charge in [0.15, 0.2) is 0 Å². The first-order valence-electron chi connectivity index (χ1n) is 8.51. The van der Waals surface area contributed by atoms with E-state index in [-0.39, 0.29) is 5.82 Å². The van der Waals surface area contributed by atoms with Crippen molar-refractivity contribution in [3.8, 4) is 0 Å². The molecule has 1 heterocycles. The van der Waals surface area contributed by atoms with Crippen molar-refractivity contribution in [2.45, 2.75) is 40.0 Å². The number of nitrogens with zero attached hydrogens (tertiary/aromatic N) is 1. The zero-order valence-corrected chi connectivity index (χ0v) is 14.7. The molecule has 0 N–H and O–H groups in total. The Morgan fingerprint density at radius 3 is 2.79 bits per heavy atom. The molecule has 0 fully saturated rings. The number of hydrogen-bond donors (Lipinski definition) is 0. The van der Waals surface area contributed by atoms with Crippen LogP contribution in [0, 0.1) is 12.7 Å². The number of aliphatic imine (C=N–C) groups is 1. The summed E-state index contributed by atoms with van der Waals surface area (Å²) in [5.74, 6) is -0.192. The number of hydrogen-bond acceptors (Lipinski definition) is 1. The third kappa shape index (κ3) is 4.10. The number of rotatable bonds is 2. The summed E-state index contributed by atoms with van der Waals surface area (Å²) in [6, 6.07) is 3.48. The third-order valence-corrected chi connectivity index (χ3v) is 3.98. The molecule has 0 bridgehead atoms. The lowest BCUT2D eigenvalue weighted by atomic mass is 10.0. The molecule has 1 aromatic carbocycles. The van der Waals surface area contributed by atoms with E-state index in [4.69, 9.17) is 4.99 Å². The summed E-state index contributed by atoms with van der Waals surface area (Å²) >= 11 is 0. The summed E-state index contributed by atoms with van der Waals surface area (Å²) in [6.45, 7) is 9.61. The molecule has 0 unspecified atom stereocenters. The highest BCUT2D eigenvalue weighted by Crippen LogP contribution is 2.30. The second-order valence-electron chi connectivity index (χ2n) is 5.59. The van der Waals surface area contributed by atoms with Gasteiger partial charge >= 0.3 is 0 Å². The van der Waals surface area contributed by atoms with Gasteiger partial charge in [0.25, 0.3) is 0 Å². The Morgan fingerprint density at radius 2 is 2.04 bits per heavy atom. The Bertz CT molecular complexity index is 784. The van der Waals surface area contributed by atoms with Crippen molar-refractivity contribution in [3.63, 3.8) is 0 Å². The number of halogens is 1. The fourth-order valence-corrected chi connectivity index (χ4v) is 2.74. The molecule has 124 valence electrons. The van der Waals surface area contributed by atoms with Crippen molar-refractivity contribution in [3.05, 3.63) is 82.9 Å². The minimum absolute atomic E-state index is 0.192. The van der Waals surface area contributed by atoms with Gasteiger partial charge in [-0.2, -0.15) is 0 Å². The van der Waals surface area contributed by atoms with Crippen LogP contribution in [0.15, 0.2) is 71.0 Å². The van der Waals surface area contributed by atoms with E-state index in [9.17, 15) is 4.39 Å². The molecule has 24 heavy (non-hydrogen) atoms. The highest BCUT2D eigenvalue weighted by molar-refractivity contribution is 6.05. The molecule has 3 rings (SSSR count). The van der Waals surface area contributed by atoms with Crippen molar-refractivity contribution < 1.29 is 4.39 Å². The lowest BCUT2D eigenvalue weighted by Crippen LogP contribution is -2.00. The molecule has 0 atom stereocenters. The maximum atomic E-state index is 13.9. The molecule has 0 saturated heterocycles. The molecular formula is C22H24FN. The van der Waals surface area contributed by atoms with Crippen LogP contribution in [0.4, 0.5) is 10.1 Å². The molecule has 1 aromatic rings. The fourth-order valence-electron chi connectivity index (χ4n) is 2.74. The van der Waals surface area contributed by atoms with Gasteiger partial charge in [0.2, 0.25) is 0 Å². The summed E-state index contributed by atoms with van der Waals surface area (Å²) in [4.78, 5) is 4.74. The molecular weight excluding hydrogens is 297 g/mol. The smallest absolute Gasteiger partial charge is 0.128 e. The molecule has 2 heteroatoms. The van der Waals surface area contributed by atoms with Crippen LogP contribution in [0.3, 0.4) is 0 Å². The van der Waals surface area contributed by atoms with E-state index in [0.717, 1.165) is 47.4 Å². The summed E-state index contributed by atoms with van der Waals surface area (Å²) in [7, 11) is 0. The van der Waals surface area contributed by atoms with Crippen molar-refractivity contribution in [1.82, 2.24) is 0 Å². The maximum absolute atomic E-state index is 13.9. The van der Waals surface area contributed by atoms with E-state index >= 15 is 0 Å². The maximum Gasteiger partial charge on any atom is 0.128 e. The van der Waals surface area contributed by atoms with Crippen molar-refractivity contribution in [2.75, 3.05) is 0 Å². The third-order valence-electron chi connectivity index (χ3n) is 3.98. The number of aryl methyl sites for hydroxylation is 2. The van der Waals surface area contributed by atoms with Crippen LogP contribution in [0.5, 0.6) is 0 Å². The van der Waals surface area contributed by atoms with Gasteiger partial charge in [-0.3, -0.25) is 4.99 Å². The highest BCUT2D eigenvalue weighted by atomic mass is 19.1. The summed E-state index contributed by atoms with van der Waals surface area (Å²) in [6.07, 6.45) is 12.5. The molecule has 2 aliphatic rings. The van der Waals surface area contributed by atoms with Crippen LogP contribution in [-0.4, -0.2) is 5.71 Å². The Balaban J connectivity index is 0.00000100. The Kier molecular flexibility index (Phi) is 6.28. The first-order chi connectivity index (χ1) is 11.7. The molecule has 1 aliphatic carbocycles. The highest BCUT2D eigenvalue weighted by Gasteiger charge is 2.15. The predicted octanol–water partition coefficient (Wildman–Crippen LogP) is 6.33. The van der Waals surface area contributed by atoms with Gasteiger partial charge in [-0.05, 0) is 72.8 Å². The van der Waals surface area contributed by atoms with E-state index in [1.807, 2.05) is 38.1 Å². The second-order valence-corrected chi connectivity index (χ2v) is 5.59. The van der Waals surface area contributed by atoms with E-state index < -0.39 is 0 Å². The average Bonchev–Trinajstić information content (AvgIpc) is 2.95. The summed E-state index contributed by atoms with van der Waals surface area (Å²) in [5, 5.41) is 0. The van der Waals surface area contributed by atoms with Gasteiger partial charge in [-0.25, -0.2) is 4.39 Å². The van der Waals surface area contributed by atoms with Crippen LogP contribution in [0.25, 0.3) is 0 Å². The standard InChI is InChI=1S/C20H18FN.C2H6/c1-3-15-7-4-5-8-17(12-15)19-10-6-9-16-11-14(2)18(21)13-20(16)22-19;1-2/h3,5,7-8,11-13H,1,6,9-10H2,2H3;1-2H3. The van der Waals surface area contributed by atoms with E-state index in [1.165, 1.54) is 0 Å². The SMILES string of the molecule is C=CC1=CC(C2=Nc3cc(F)c(C)cc3CCC2)=CC=C=C1.CC. The van der Waals surface area contributed by atoms with Gasteiger partial charge < -0.3 is 0 Å². The van der Waals surface area contributed by atoms with Crippen LogP contribution in [0.2, 0.25) is 0 Å². The van der Waals surface area contributed by atoms with Gasteiger partial charge in [-0.15, -0.1) is 5.73 Å².